The zero-order valence-corrected chi connectivity index (χ0v) is 15.3. The van der Waals surface area contributed by atoms with Gasteiger partial charge in [-0.15, -0.1) is 0 Å². The molecule has 0 bridgehead atoms. The number of anilines is 1. The minimum Gasteiger partial charge on any atom is -0.271 e. The summed E-state index contributed by atoms with van der Waals surface area (Å²) in [4.78, 5) is 12.0. The number of sulfonamides is 1. The quantitative estimate of drug-likeness (QED) is 0.594. The van der Waals surface area contributed by atoms with Gasteiger partial charge in [-0.25, -0.2) is 18.2 Å². The number of nitrogens with zero attached hydrogens (tertiary/aromatic N) is 2. The molecule has 2 aromatic carbocycles. The van der Waals surface area contributed by atoms with Crippen molar-refractivity contribution in [3.8, 4) is 0 Å². The number of nitrogens with one attached hydrogen (secondary N) is 1. The Balaban J connectivity index is 2.08. The highest BCUT2D eigenvalue weighted by Gasteiger charge is 2.20. The molecule has 0 aliphatic heterocycles. The van der Waals surface area contributed by atoms with Gasteiger partial charge in [0.25, 0.3) is 5.91 Å². The summed E-state index contributed by atoms with van der Waals surface area (Å²) in [5.41, 5.74) is 3.87. The number of aryl methyl sites for hydroxylation is 1. The first-order valence-corrected chi connectivity index (χ1v) is 9.79. The zero-order chi connectivity index (χ0) is 19.2. The standard InChI is InChI=1S/C18H20FN3O3S/c1-3-14-8-10-16(11-9-14)22(26(2,24)25)13-18(23)21-20-12-15-6-4-5-7-17(15)19/h4-12H,3,13H2,1-2H3,(H,21,23)/b20-12-. The number of rotatable bonds is 7. The van der Waals surface area contributed by atoms with E-state index in [4.69, 9.17) is 0 Å². The van der Waals surface area contributed by atoms with Gasteiger partial charge in [-0.05, 0) is 30.2 Å². The molecule has 0 aromatic heterocycles. The largest absolute Gasteiger partial charge is 0.271 e. The number of halogens is 1. The highest BCUT2D eigenvalue weighted by Crippen LogP contribution is 2.18. The van der Waals surface area contributed by atoms with Crippen molar-refractivity contribution in [3.05, 3.63) is 65.5 Å². The molecule has 0 atom stereocenters. The normalized spacial score (nSPS) is 11.5. The summed E-state index contributed by atoms with van der Waals surface area (Å²) in [5.74, 6) is -1.11. The highest BCUT2D eigenvalue weighted by molar-refractivity contribution is 7.92. The summed E-state index contributed by atoms with van der Waals surface area (Å²) < 4.78 is 38.5. The molecule has 26 heavy (non-hydrogen) atoms. The third kappa shape index (κ3) is 5.38. The molecule has 1 N–H and O–H groups in total. The van der Waals surface area contributed by atoms with Crippen LogP contribution in [0, 0.1) is 5.82 Å². The molecule has 1 amide bonds. The number of hydrazone groups is 1. The fourth-order valence-electron chi connectivity index (χ4n) is 2.22. The lowest BCUT2D eigenvalue weighted by Gasteiger charge is -2.21. The molecule has 0 aliphatic carbocycles. The summed E-state index contributed by atoms with van der Waals surface area (Å²) in [6, 6.07) is 12.9. The molecule has 0 heterocycles. The molecule has 0 radical (unpaired) electrons. The van der Waals surface area contributed by atoms with Gasteiger partial charge >= 0.3 is 0 Å². The Kier molecular flexibility index (Phi) is 6.46. The second kappa shape index (κ2) is 8.57. The van der Waals surface area contributed by atoms with Crippen molar-refractivity contribution in [3.63, 3.8) is 0 Å². The van der Waals surface area contributed by atoms with Crippen LogP contribution in [0.2, 0.25) is 0 Å². The maximum absolute atomic E-state index is 13.5. The van der Waals surface area contributed by atoms with Crippen LogP contribution in [0.4, 0.5) is 10.1 Å². The molecule has 8 heteroatoms. The van der Waals surface area contributed by atoms with Gasteiger partial charge in [0, 0.05) is 5.56 Å². The minimum atomic E-state index is -3.66. The fourth-order valence-corrected chi connectivity index (χ4v) is 3.07. The summed E-state index contributed by atoms with van der Waals surface area (Å²) in [7, 11) is -3.66. The SMILES string of the molecule is CCc1ccc(N(CC(=O)N/N=C\c2ccccc2F)S(C)(=O)=O)cc1. The smallest absolute Gasteiger partial charge is 0.260 e. The van der Waals surface area contributed by atoms with Gasteiger partial charge in [-0.2, -0.15) is 5.10 Å². The molecule has 138 valence electrons. The summed E-state index contributed by atoms with van der Waals surface area (Å²) in [6.07, 6.45) is 3.01. The number of benzene rings is 2. The Morgan fingerprint density at radius 3 is 2.42 bits per heavy atom. The van der Waals surface area contributed by atoms with Crippen molar-refractivity contribution in [2.24, 2.45) is 5.10 Å². The third-order valence-corrected chi connectivity index (χ3v) is 4.76. The van der Waals surface area contributed by atoms with Gasteiger partial charge in [0.05, 0.1) is 18.2 Å². The summed E-state index contributed by atoms with van der Waals surface area (Å²) in [5, 5.41) is 3.67. The molecule has 0 fully saturated rings. The average Bonchev–Trinajstić information content (AvgIpc) is 2.60. The molecule has 2 aromatic rings. The first-order valence-electron chi connectivity index (χ1n) is 7.94. The minimum absolute atomic E-state index is 0.211. The van der Waals surface area contributed by atoms with Gasteiger partial charge in [0.1, 0.15) is 12.4 Å². The number of amides is 1. The Morgan fingerprint density at radius 2 is 1.85 bits per heavy atom. The number of carbonyl (C=O) groups is 1. The molecule has 2 rings (SSSR count). The van der Waals surface area contributed by atoms with Crippen LogP contribution in [0.25, 0.3) is 0 Å². The van der Waals surface area contributed by atoms with E-state index < -0.39 is 28.3 Å². The van der Waals surface area contributed by atoms with E-state index in [-0.39, 0.29) is 5.56 Å². The van der Waals surface area contributed by atoms with Crippen molar-refractivity contribution in [2.45, 2.75) is 13.3 Å². The van der Waals surface area contributed by atoms with Crippen LogP contribution in [0.15, 0.2) is 53.6 Å². The fraction of sp³-hybridized carbons (Fsp3) is 0.222. The van der Waals surface area contributed by atoms with Crippen LogP contribution in [0.1, 0.15) is 18.1 Å². The Morgan fingerprint density at radius 1 is 1.19 bits per heavy atom. The lowest BCUT2D eigenvalue weighted by atomic mass is 10.1. The van der Waals surface area contributed by atoms with Gasteiger partial charge in [0.2, 0.25) is 10.0 Å². The van der Waals surface area contributed by atoms with E-state index in [1.54, 1.807) is 24.3 Å². The van der Waals surface area contributed by atoms with Crippen molar-refractivity contribution in [2.75, 3.05) is 17.1 Å². The molecular weight excluding hydrogens is 357 g/mol. The van der Waals surface area contributed by atoms with Gasteiger partial charge < -0.3 is 0 Å². The van der Waals surface area contributed by atoms with Crippen molar-refractivity contribution in [1.29, 1.82) is 0 Å². The van der Waals surface area contributed by atoms with E-state index in [2.05, 4.69) is 10.5 Å². The Labute approximate surface area is 152 Å². The topological polar surface area (TPSA) is 78.8 Å². The maximum Gasteiger partial charge on any atom is 0.260 e. The number of carbonyl (C=O) groups excluding carboxylic acids is 1. The van der Waals surface area contributed by atoms with Crippen molar-refractivity contribution in [1.82, 2.24) is 5.43 Å². The Hall–Kier alpha value is -2.74. The summed E-state index contributed by atoms with van der Waals surface area (Å²) in [6.45, 7) is 1.56. The highest BCUT2D eigenvalue weighted by atomic mass is 32.2. The van der Waals surface area contributed by atoms with E-state index in [1.165, 1.54) is 12.1 Å². The van der Waals surface area contributed by atoms with E-state index in [0.717, 1.165) is 28.8 Å². The molecule has 0 saturated carbocycles. The van der Waals surface area contributed by atoms with E-state index in [1.807, 2.05) is 19.1 Å². The number of hydrogen-bond acceptors (Lipinski definition) is 4. The molecular formula is C18H20FN3O3S. The van der Waals surface area contributed by atoms with E-state index in [9.17, 15) is 17.6 Å². The van der Waals surface area contributed by atoms with Crippen molar-refractivity contribution < 1.29 is 17.6 Å². The van der Waals surface area contributed by atoms with E-state index in [0.29, 0.717) is 5.69 Å². The molecule has 6 nitrogen and oxygen atoms in total. The first-order chi connectivity index (χ1) is 12.3. The first kappa shape index (κ1) is 19.6. The maximum atomic E-state index is 13.5. The predicted octanol–water partition coefficient (Wildman–Crippen LogP) is 2.30. The van der Waals surface area contributed by atoms with E-state index >= 15 is 0 Å². The lowest BCUT2D eigenvalue weighted by Crippen LogP contribution is -2.39. The predicted molar refractivity (Wildman–Crippen MR) is 100 cm³/mol. The van der Waals surface area contributed by atoms with Crippen LogP contribution < -0.4 is 9.73 Å². The van der Waals surface area contributed by atoms with Gasteiger partial charge in [0.15, 0.2) is 0 Å². The van der Waals surface area contributed by atoms with Crippen LogP contribution in [0.5, 0.6) is 0 Å². The average molecular weight is 377 g/mol. The molecule has 0 saturated heterocycles. The van der Waals surface area contributed by atoms with Crippen LogP contribution in [-0.4, -0.2) is 33.3 Å². The molecule has 0 unspecified atom stereocenters. The third-order valence-electron chi connectivity index (χ3n) is 3.62. The second-order valence-electron chi connectivity index (χ2n) is 5.60. The Bertz CT molecular complexity index is 896. The molecule has 0 spiro atoms. The number of hydrogen-bond donors (Lipinski definition) is 1. The lowest BCUT2D eigenvalue weighted by molar-refractivity contribution is -0.119. The van der Waals surface area contributed by atoms with Crippen LogP contribution in [-0.2, 0) is 21.2 Å². The zero-order valence-electron chi connectivity index (χ0n) is 14.5. The van der Waals surface area contributed by atoms with Crippen LogP contribution in [0.3, 0.4) is 0 Å². The van der Waals surface area contributed by atoms with Gasteiger partial charge in [-0.1, -0.05) is 37.3 Å². The monoisotopic (exact) mass is 377 g/mol. The van der Waals surface area contributed by atoms with Crippen LogP contribution >= 0.6 is 0 Å². The second-order valence-corrected chi connectivity index (χ2v) is 7.51. The summed E-state index contributed by atoms with van der Waals surface area (Å²) >= 11 is 0. The van der Waals surface area contributed by atoms with Gasteiger partial charge in [-0.3, -0.25) is 9.10 Å². The van der Waals surface area contributed by atoms with Crippen molar-refractivity contribution >= 4 is 27.8 Å². The molecule has 0 aliphatic rings.